The van der Waals surface area contributed by atoms with Crippen LogP contribution >= 0.6 is 0 Å². The second kappa shape index (κ2) is 16.2. The SMILES string of the molecule is CCCCCCCCCCCCCCCC(=O)N(C)[C@](C)(CCC(=O)O)C(=O)O. The minimum Gasteiger partial charge on any atom is -0.481 e. The van der Waals surface area contributed by atoms with Crippen LogP contribution in [0.15, 0.2) is 0 Å². The third-order valence-electron chi connectivity index (χ3n) is 5.89. The Bertz CT molecular complexity index is 480. The second-order valence-electron chi connectivity index (χ2n) is 8.42. The largest absolute Gasteiger partial charge is 0.481 e. The molecule has 0 aromatic carbocycles. The molecule has 1 amide bonds. The highest BCUT2D eigenvalue weighted by Crippen LogP contribution is 2.22. The first-order valence-electron chi connectivity index (χ1n) is 11.5. The summed E-state index contributed by atoms with van der Waals surface area (Å²) in [7, 11) is 1.46. The topological polar surface area (TPSA) is 94.9 Å². The molecule has 0 saturated heterocycles. The quantitative estimate of drug-likeness (QED) is 0.267. The summed E-state index contributed by atoms with van der Waals surface area (Å²) in [6, 6.07) is 0. The van der Waals surface area contributed by atoms with E-state index in [0.717, 1.165) is 19.3 Å². The number of hydrogen-bond acceptors (Lipinski definition) is 3. The number of carbonyl (C=O) groups is 3. The average Bonchev–Trinajstić information content (AvgIpc) is 2.68. The number of amides is 1. The number of rotatable bonds is 19. The van der Waals surface area contributed by atoms with Crippen molar-refractivity contribution in [3.8, 4) is 0 Å². The molecule has 0 rings (SSSR count). The summed E-state index contributed by atoms with van der Waals surface area (Å²) in [5, 5.41) is 18.3. The van der Waals surface area contributed by atoms with Gasteiger partial charge in [-0.05, 0) is 19.8 Å². The number of nitrogens with zero attached hydrogens (tertiary/aromatic N) is 1. The molecule has 0 aliphatic rings. The van der Waals surface area contributed by atoms with E-state index in [1.165, 1.54) is 83.1 Å². The summed E-state index contributed by atoms with van der Waals surface area (Å²) >= 11 is 0. The van der Waals surface area contributed by atoms with Gasteiger partial charge < -0.3 is 15.1 Å². The fourth-order valence-corrected chi connectivity index (χ4v) is 3.51. The normalized spacial score (nSPS) is 13.1. The van der Waals surface area contributed by atoms with Gasteiger partial charge in [0, 0.05) is 19.9 Å². The van der Waals surface area contributed by atoms with Crippen molar-refractivity contribution in [3.05, 3.63) is 0 Å². The number of carboxylic acids is 2. The number of aliphatic carboxylic acids is 2. The van der Waals surface area contributed by atoms with Crippen LogP contribution in [0.4, 0.5) is 0 Å². The van der Waals surface area contributed by atoms with Crippen molar-refractivity contribution >= 4 is 17.8 Å². The lowest BCUT2D eigenvalue weighted by atomic mass is 9.93. The fraction of sp³-hybridized carbons (Fsp3) is 0.870. The first kappa shape index (κ1) is 27.4. The van der Waals surface area contributed by atoms with Crippen LogP contribution in [0.3, 0.4) is 0 Å². The fourth-order valence-electron chi connectivity index (χ4n) is 3.51. The van der Waals surface area contributed by atoms with E-state index in [4.69, 9.17) is 5.11 Å². The smallest absolute Gasteiger partial charge is 0.329 e. The molecule has 0 fully saturated rings. The van der Waals surface area contributed by atoms with Crippen LogP contribution in [0, 0.1) is 0 Å². The lowest BCUT2D eigenvalue weighted by molar-refractivity contribution is -0.158. The van der Waals surface area contributed by atoms with Crippen LogP contribution in [0.1, 0.15) is 117 Å². The molecular formula is C23H43NO5. The zero-order valence-electron chi connectivity index (χ0n) is 18.9. The van der Waals surface area contributed by atoms with Gasteiger partial charge in [-0.2, -0.15) is 0 Å². The molecule has 0 unspecified atom stereocenters. The zero-order valence-corrected chi connectivity index (χ0v) is 18.9. The van der Waals surface area contributed by atoms with Gasteiger partial charge in [0.25, 0.3) is 0 Å². The molecule has 29 heavy (non-hydrogen) atoms. The summed E-state index contributed by atoms with van der Waals surface area (Å²) in [6.45, 7) is 3.66. The standard InChI is InChI=1S/C23H43NO5/c1-4-5-6-7-8-9-10-11-12-13-14-15-16-17-20(25)24(3)23(2,22(28)29)19-18-21(26)27/h4-19H2,1-3H3,(H,26,27)(H,28,29)/t23-/m1/s1. The highest BCUT2D eigenvalue weighted by Gasteiger charge is 2.40. The number of likely N-dealkylation sites (N-methyl/N-ethyl adjacent to an activating group) is 1. The molecule has 0 aliphatic heterocycles. The van der Waals surface area contributed by atoms with Crippen LogP contribution in [0.25, 0.3) is 0 Å². The summed E-state index contributed by atoms with van der Waals surface area (Å²) in [6.07, 6.45) is 15.9. The van der Waals surface area contributed by atoms with Crippen molar-refractivity contribution in [2.75, 3.05) is 7.05 Å². The molecule has 0 radical (unpaired) electrons. The van der Waals surface area contributed by atoms with E-state index < -0.39 is 17.5 Å². The molecule has 6 heteroatoms. The maximum atomic E-state index is 12.4. The van der Waals surface area contributed by atoms with Gasteiger partial charge >= 0.3 is 11.9 Å². The van der Waals surface area contributed by atoms with Gasteiger partial charge in [0.15, 0.2) is 0 Å². The molecule has 0 aromatic heterocycles. The van der Waals surface area contributed by atoms with Gasteiger partial charge in [0.1, 0.15) is 5.54 Å². The Morgan fingerprint density at radius 3 is 1.52 bits per heavy atom. The first-order chi connectivity index (χ1) is 13.8. The van der Waals surface area contributed by atoms with E-state index in [1.54, 1.807) is 0 Å². The van der Waals surface area contributed by atoms with Crippen LogP contribution in [0.5, 0.6) is 0 Å². The van der Waals surface area contributed by atoms with Gasteiger partial charge in [0.2, 0.25) is 5.91 Å². The van der Waals surface area contributed by atoms with Gasteiger partial charge in [-0.25, -0.2) is 4.79 Å². The lowest BCUT2D eigenvalue weighted by Crippen LogP contribution is -2.53. The molecule has 1 atom stereocenters. The van der Waals surface area contributed by atoms with Crippen molar-refractivity contribution in [3.63, 3.8) is 0 Å². The van der Waals surface area contributed by atoms with Gasteiger partial charge in [-0.3, -0.25) is 9.59 Å². The zero-order chi connectivity index (χ0) is 22.1. The van der Waals surface area contributed by atoms with Gasteiger partial charge in [-0.15, -0.1) is 0 Å². The number of carbonyl (C=O) groups excluding carboxylic acids is 1. The molecule has 6 nitrogen and oxygen atoms in total. The second-order valence-corrected chi connectivity index (χ2v) is 8.42. The minimum absolute atomic E-state index is 0.0987. The molecule has 0 spiro atoms. The highest BCUT2D eigenvalue weighted by atomic mass is 16.4. The molecule has 0 bridgehead atoms. The van der Waals surface area contributed by atoms with E-state index in [0.29, 0.717) is 6.42 Å². The molecule has 0 aromatic rings. The lowest BCUT2D eigenvalue weighted by Gasteiger charge is -2.35. The Morgan fingerprint density at radius 1 is 0.724 bits per heavy atom. The predicted octanol–water partition coefficient (Wildman–Crippen LogP) is 5.63. The van der Waals surface area contributed by atoms with E-state index in [9.17, 15) is 19.5 Å². The Kier molecular flexibility index (Phi) is 15.3. The van der Waals surface area contributed by atoms with Crippen molar-refractivity contribution in [2.45, 2.75) is 122 Å². The van der Waals surface area contributed by atoms with E-state index in [1.807, 2.05) is 0 Å². The third kappa shape index (κ3) is 12.6. The number of hydrogen-bond donors (Lipinski definition) is 2. The highest BCUT2D eigenvalue weighted by molar-refractivity contribution is 5.87. The minimum atomic E-state index is -1.48. The van der Waals surface area contributed by atoms with E-state index >= 15 is 0 Å². The molecule has 0 aliphatic carbocycles. The summed E-state index contributed by atoms with van der Waals surface area (Å²) in [4.78, 5) is 35.9. The first-order valence-corrected chi connectivity index (χ1v) is 11.5. The maximum Gasteiger partial charge on any atom is 0.329 e. The Labute approximate surface area is 177 Å². The van der Waals surface area contributed by atoms with Crippen molar-refractivity contribution in [1.29, 1.82) is 0 Å². The third-order valence-corrected chi connectivity index (χ3v) is 5.89. The molecule has 170 valence electrons. The maximum absolute atomic E-state index is 12.4. The van der Waals surface area contributed by atoms with Crippen molar-refractivity contribution < 1.29 is 24.6 Å². The van der Waals surface area contributed by atoms with Crippen LogP contribution in [0.2, 0.25) is 0 Å². The average molecular weight is 414 g/mol. The van der Waals surface area contributed by atoms with Crippen LogP contribution in [-0.2, 0) is 14.4 Å². The van der Waals surface area contributed by atoms with Crippen molar-refractivity contribution in [2.24, 2.45) is 0 Å². The molecule has 2 N–H and O–H groups in total. The van der Waals surface area contributed by atoms with Crippen molar-refractivity contribution in [1.82, 2.24) is 4.90 Å². The summed E-state index contributed by atoms with van der Waals surface area (Å²) < 4.78 is 0. The summed E-state index contributed by atoms with van der Waals surface area (Å²) in [5.41, 5.74) is -1.48. The van der Waals surface area contributed by atoms with Gasteiger partial charge in [-0.1, -0.05) is 84.0 Å². The Hall–Kier alpha value is -1.59. The number of unbranched alkanes of at least 4 members (excludes halogenated alkanes) is 12. The van der Waals surface area contributed by atoms with E-state index in [2.05, 4.69) is 6.92 Å². The van der Waals surface area contributed by atoms with Gasteiger partial charge in [0.05, 0.1) is 0 Å². The molecule has 0 saturated carbocycles. The molecule has 0 heterocycles. The number of carboxylic acid groups (broad SMARTS) is 2. The molecular weight excluding hydrogens is 370 g/mol. The Balaban J connectivity index is 3.86. The monoisotopic (exact) mass is 413 g/mol. The van der Waals surface area contributed by atoms with E-state index in [-0.39, 0.29) is 18.7 Å². The predicted molar refractivity (Wildman–Crippen MR) is 116 cm³/mol. The Morgan fingerprint density at radius 2 is 1.14 bits per heavy atom. The van der Waals surface area contributed by atoms with Crippen LogP contribution < -0.4 is 0 Å². The summed E-state index contributed by atoms with van der Waals surface area (Å²) in [5.74, 6) is -2.46. The van der Waals surface area contributed by atoms with Crippen LogP contribution in [-0.4, -0.2) is 45.5 Å².